The van der Waals surface area contributed by atoms with Gasteiger partial charge in [0.15, 0.2) is 0 Å². The molecule has 0 aromatic heterocycles. The van der Waals surface area contributed by atoms with Crippen LogP contribution in [-0.2, 0) is 9.53 Å². The van der Waals surface area contributed by atoms with Crippen LogP contribution in [0, 0.1) is 10.8 Å². The highest BCUT2D eigenvalue weighted by Crippen LogP contribution is 2.42. The molecular formula is C16H27ClO2. The molecule has 19 heavy (non-hydrogen) atoms. The Labute approximate surface area is 122 Å². The minimum absolute atomic E-state index is 0.131. The van der Waals surface area contributed by atoms with E-state index in [0.717, 1.165) is 5.57 Å². The van der Waals surface area contributed by atoms with Crippen molar-refractivity contribution < 1.29 is 9.53 Å². The molecule has 0 amide bonds. The van der Waals surface area contributed by atoms with Crippen molar-refractivity contribution in [2.24, 2.45) is 10.8 Å². The molecule has 2 unspecified atom stereocenters. The van der Waals surface area contributed by atoms with Crippen molar-refractivity contribution in [3.8, 4) is 0 Å². The monoisotopic (exact) mass is 286 g/mol. The molecule has 0 aliphatic carbocycles. The number of alkyl halides is 1. The number of hydrogen-bond acceptors (Lipinski definition) is 2. The summed E-state index contributed by atoms with van der Waals surface area (Å²) < 4.78 is 5.55. The SMILES string of the molecule is C=CC(C)(C)C(OC(C)=O)C(C)(C)CC(Cl)C(=C)C. The van der Waals surface area contributed by atoms with Crippen LogP contribution < -0.4 is 0 Å². The summed E-state index contributed by atoms with van der Waals surface area (Å²) in [6, 6.07) is 0. The van der Waals surface area contributed by atoms with Crippen molar-refractivity contribution in [3.63, 3.8) is 0 Å². The number of carbonyl (C=O) groups excluding carboxylic acids is 1. The summed E-state index contributed by atoms with van der Waals surface area (Å²) in [6.07, 6.45) is 2.24. The molecule has 0 fully saturated rings. The molecule has 0 saturated heterocycles. The highest BCUT2D eigenvalue weighted by atomic mass is 35.5. The minimum Gasteiger partial charge on any atom is -0.461 e. The number of hydrogen-bond donors (Lipinski definition) is 0. The van der Waals surface area contributed by atoms with Crippen molar-refractivity contribution in [2.45, 2.75) is 59.4 Å². The first-order valence-corrected chi connectivity index (χ1v) is 6.98. The van der Waals surface area contributed by atoms with Gasteiger partial charge in [0, 0.05) is 17.8 Å². The average molecular weight is 287 g/mol. The smallest absolute Gasteiger partial charge is 0.302 e. The van der Waals surface area contributed by atoms with E-state index in [0.29, 0.717) is 6.42 Å². The first-order valence-electron chi connectivity index (χ1n) is 6.54. The number of allylic oxidation sites excluding steroid dienone is 1. The Morgan fingerprint density at radius 3 is 2.11 bits per heavy atom. The van der Waals surface area contributed by atoms with E-state index in [4.69, 9.17) is 16.3 Å². The number of ether oxygens (including phenoxy) is 1. The molecule has 0 spiro atoms. The fourth-order valence-electron chi connectivity index (χ4n) is 2.33. The fourth-order valence-corrected chi connectivity index (χ4v) is 2.73. The third kappa shape index (κ3) is 5.40. The summed E-state index contributed by atoms with van der Waals surface area (Å²) in [5.41, 5.74) is 0.336. The summed E-state index contributed by atoms with van der Waals surface area (Å²) >= 11 is 6.31. The fraction of sp³-hybridized carbons (Fsp3) is 0.688. The molecule has 110 valence electrons. The first kappa shape index (κ1) is 18.2. The second kappa shape index (κ2) is 6.60. The molecule has 2 nitrogen and oxygen atoms in total. The van der Waals surface area contributed by atoms with Gasteiger partial charge in [-0.05, 0) is 13.3 Å². The van der Waals surface area contributed by atoms with Gasteiger partial charge in [-0.3, -0.25) is 4.79 Å². The standard InChI is InChI=1S/C16H27ClO2/c1-9-15(5,6)14(19-12(4)18)16(7,8)10-13(17)11(2)3/h9,13-14H,1-2,10H2,3-8H3. The normalized spacial score (nSPS) is 15.5. The number of carbonyl (C=O) groups is 1. The minimum atomic E-state index is -0.319. The largest absolute Gasteiger partial charge is 0.461 e. The van der Waals surface area contributed by atoms with Gasteiger partial charge in [0.1, 0.15) is 6.10 Å². The van der Waals surface area contributed by atoms with Crippen LogP contribution in [0.3, 0.4) is 0 Å². The number of rotatable bonds is 7. The molecule has 0 aliphatic rings. The Bertz CT molecular complexity index is 356. The van der Waals surface area contributed by atoms with Crippen LogP contribution in [0.5, 0.6) is 0 Å². The number of halogens is 1. The average Bonchev–Trinajstić information content (AvgIpc) is 2.24. The van der Waals surface area contributed by atoms with Crippen LogP contribution >= 0.6 is 11.6 Å². The van der Waals surface area contributed by atoms with E-state index in [2.05, 4.69) is 27.0 Å². The van der Waals surface area contributed by atoms with Crippen molar-refractivity contribution in [2.75, 3.05) is 0 Å². The second-order valence-corrected chi connectivity index (χ2v) is 7.05. The topological polar surface area (TPSA) is 26.3 Å². The molecule has 0 aromatic carbocycles. The zero-order valence-electron chi connectivity index (χ0n) is 13.0. The van der Waals surface area contributed by atoms with E-state index in [1.807, 2.05) is 26.8 Å². The molecule has 0 heterocycles. The van der Waals surface area contributed by atoms with Gasteiger partial charge < -0.3 is 4.74 Å². The Morgan fingerprint density at radius 2 is 1.79 bits per heavy atom. The molecule has 0 rings (SSSR count). The van der Waals surface area contributed by atoms with E-state index >= 15 is 0 Å². The Balaban J connectivity index is 5.28. The van der Waals surface area contributed by atoms with Crippen LogP contribution in [0.2, 0.25) is 0 Å². The maximum absolute atomic E-state index is 11.4. The van der Waals surface area contributed by atoms with Crippen molar-refractivity contribution in [1.29, 1.82) is 0 Å². The van der Waals surface area contributed by atoms with Crippen molar-refractivity contribution >= 4 is 17.6 Å². The third-order valence-corrected chi connectivity index (χ3v) is 3.96. The lowest BCUT2D eigenvalue weighted by atomic mass is 9.69. The van der Waals surface area contributed by atoms with Gasteiger partial charge in [0.05, 0.1) is 5.38 Å². The molecule has 0 radical (unpaired) electrons. The summed E-state index contributed by atoms with van der Waals surface area (Å²) in [5.74, 6) is -0.283. The summed E-state index contributed by atoms with van der Waals surface area (Å²) in [7, 11) is 0. The molecule has 3 heteroatoms. The van der Waals surface area contributed by atoms with Crippen LogP contribution in [0.25, 0.3) is 0 Å². The maximum Gasteiger partial charge on any atom is 0.302 e. The van der Waals surface area contributed by atoms with Gasteiger partial charge in [-0.2, -0.15) is 0 Å². The Hall–Kier alpha value is -0.760. The summed E-state index contributed by atoms with van der Waals surface area (Å²) in [4.78, 5) is 11.4. The molecule has 0 aromatic rings. The Kier molecular flexibility index (Phi) is 6.34. The van der Waals surface area contributed by atoms with Crippen LogP contribution in [-0.4, -0.2) is 17.5 Å². The lowest BCUT2D eigenvalue weighted by Crippen LogP contribution is -2.45. The number of esters is 1. The first-order chi connectivity index (χ1) is 8.44. The molecule has 2 atom stereocenters. The summed E-state index contributed by atoms with van der Waals surface area (Å²) in [5, 5.41) is -0.131. The van der Waals surface area contributed by atoms with Gasteiger partial charge >= 0.3 is 5.97 Å². The molecule has 0 bridgehead atoms. The van der Waals surface area contributed by atoms with Crippen LogP contribution in [0.4, 0.5) is 0 Å². The summed E-state index contributed by atoms with van der Waals surface area (Å²) in [6.45, 7) is 19.2. The van der Waals surface area contributed by atoms with E-state index in [1.54, 1.807) is 0 Å². The van der Waals surface area contributed by atoms with E-state index < -0.39 is 0 Å². The second-order valence-electron chi connectivity index (χ2n) is 6.52. The molecule has 0 aliphatic heterocycles. The van der Waals surface area contributed by atoms with E-state index in [1.165, 1.54) is 6.92 Å². The molecule has 0 saturated carbocycles. The van der Waals surface area contributed by atoms with Gasteiger partial charge in [0.2, 0.25) is 0 Å². The van der Waals surface area contributed by atoms with Crippen LogP contribution in [0.1, 0.15) is 48.0 Å². The van der Waals surface area contributed by atoms with E-state index in [-0.39, 0.29) is 28.3 Å². The lowest BCUT2D eigenvalue weighted by molar-refractivity contribution is -0.160. The maximum atomic E-state index is 11.4. The highest BCUT2D eigenvalue weighted by molar-refractivity contribution is 6.22. The van der Waals surface area contributed by atoms with Crippen LogP contribution in [0.15, 0.2) is 24.8 Å². The van der Waals surface area contributed by atoms with E-state index in [9.17, 15) is 4.79 Å². The zero-order chi connectivity index (χ0) is 15.4. The zero-order valence-corrected chi connectivity index (χ0v) is 13.8. The highest BCUT2D eigenvalue weighted by Gasteiger charge is 2.42. The quantitative estimate of drug-likeness (QED) is 0.384. The van der Waals surface area contributed by atoms with Gasteiger partial charge in [-0.15, -0.1) is 18.2 Å². The molecular weight excluding hydrogens is 260 g/mol. The van der Waals surface area contributed by atoms with Gasteiger partial charge in [0.25, 0.3) is 0 Å². The van der Waals surface area contributed by atoms with Crippen molar-refractivity contribution in [3.05, 3.63) is 24.8 Å². The van der Waals surface area contributed by atoms with Gasteiger partial charge in [-0.1, -0.05) is 45.9 Å². The third-order valence-electron chi connectivity index (χ3n) is 3.44. The Morgan fingerprint density at radius 1 is 1.32 bits per heavy atom. The van der Waals surface area contributed by atoms with Gasteiger partial charge in [-0.25, -0.2) is 0 Å². The lowest BCUT2D eigenvalue weighted by Gasteiger charge is -2.43. The van der Waals surface area contributed by atoms with Crippen molar-refractivity contribution in [1.82, 2.24) is 0 Å². The predicted molar refractivity (Wildman–Crippen MR) is 82.4 cm³/mol. The molecule has 0 N–H and O–H groups in total. The predicted octanol–water partition coefficient (Wildman–Crippen LogP) is 4.73.